The molecule has 16 heteroatoms. The van der Waals surface area contributed by atoms with Crippen LogP contribution >= 0.6 is 21.6 Å². The molecule has 0 aromatic heterocycles. The van der Waals surface area contributed by atoms with Gasteiger partial charge in [-0.15, -0.1) is 0 Å². The number of unbranched alkanes of at least 4 members (excludes halogenated alkanes) is 15. The Morgan fingerprint density at radius 3 is 1.19 bits per heavy atom. The first kappa shape index (κ1) is 75.8. The second-order valence-electron chi connectivity index (χ2n) is 23.0. The van der Waals surface area contributed by atoms with Crippen LogP contribution in [0.15, 0.2) is 0 Å². The van der Waals surface area contributed by atoms with Gasteiger partial charge in [0.15, 0.2) is 0 Å². The summed E-state index contributed by atoms with van der Waals surface area (Å²) in [6, 6.07) is 0. The molecule has 0 aromatic rings. The number of aliphatic hydroxyl groups excluding tert-OH is 4. The number of nitrogens with zero attached hydrogens (tertiary/aromatic N) is 4. The Kier molecular flexibility index (Phi) is 51.3. The van der Waals surface area contributed by atoms with Crippen molar-refractivity contribution in [2.75, 3.05) is 96.6 Å². The molecule has 0 spiro atoms. The van der Waals surface area contributed by atoms with Crippen LogP contribution in [0, 0.1) is 0 Å². The highest BCUT2D eigenvalue weighted by Gasteiger charge is 2.21. The molecule has 1 heterocycles. The van der Waals surface area contributed by atoms with Gasteiger partial charge in [0.25, 0.3) is 0 Å². The quantitative estimate of drug-likeness (QED) is 0.0196. The zero-order valence-electron chi connectivity index (χ0n) is 51.7. The summed E-state index contributed by atoms with van der Waals surface area (Å²) in [5, 5.41) is 43.9. The number of ether oxygens (including phenoxy) is 3. The molecule has 0 bridgehead atoms. The van der Waals surface area contributed by atoms with Crippen molar-refractivity contribution in [3.63, 3.8) is 0 Å². The molecule has 4 unspecified atom stereocenters. The first-order valence-corrected chi connectivity index (χ1v) is 35.2. The molecule has 468 valence electrons. The van der Waals surface area contributed by atoms with Gasteiger partial charge in [-0.05, 0) is 110 Å². The van der Waals surface area contributed by atoms with Gasteiger partial charge in [0.2, 0.25) is 0 Å². The number of aliphatic hydroxyl groups is 4. The van der Waals surface area contributed by atoms with Gasteiger partial charge in [-0.3, -0.25) is 29.1 Å². The molecule has 4 N–H and O–H groups in total. The van der Waals surface area contributed by atoms with Crippen LogP contribution in [0.25, 0.3) is 0 Å². The van der Waals surface area contributed by atoms with Gasteiger partial charge in [-0.1, -0.05) is 166 Å². The highest BCUT2D eigenvalue weighted by atomic mass is 33.1. The van der Waals surface area contributed by atoms with Crippen molar-refractivity contribution < 1.29 is 49.0 Å². The van der Waals surface area contributed by atoms with Crippen LogP contribution in [-0.2, 0) is 28.6 Å². The van der Waals surface area contributed by atoms with Crippen LogP contribution in [0.1, 0.15) is 253 Å². The predicted octanol–water partition coefficient (Wildman–Crippen LogP) is 12.4. The first-order chi connectivity index (χ1) is 38.3. The van der Waals surface area contributed by atoms with E-state index in [1.807, 2.05) is 49.3 Å². The summed E-state index contributed by atoms with van der Waals surface area (Å²) in [5.74, 6) is 1.48. The van der Waals surface area contributed by atoms with Gasteiger partial charge in [0.1, 0.15) is 18.8 Å². The minimum absolute atomic E-state index is 0.0530. The van der Waals surface area contributed by atoms with E-state index in [4.69, 9.17) is 14.2 Å². The standard InChI is InChI=1S/C63H124N4O10S2/c1-7-13-15-17-19-21-23-25-33-55(68)51-66(52-56(69)34-26-24-22-20-18-16-14-8-2)41-31-39-61(72)75-48-47-65-45-43-64(44-46-65)40-27-28-49-78-79-50-32-42-67(53-57(70)35-29-37-62(73)76-59(9-3)10-4)54-58(71)36-30-38-63(74)77-60(11-5)12-6/h55-60,68-71H,7-54H2,1-6H3. The molecule has 1 rings (SSSR count). The number of hydrogen-bond acceptors (Lipinski definition) is 16. The van der Waals surface area contributed by atoms with Crippen LogP contribution in [-0.4, -0.2) is 191 Å². The summed E-state index contributed by atoms with van der Waals surface area (Å²) in [6.07, 6.45) is 29.4. The molecule has 1 aliphatic heterocycles. The molecular weight excluding hydrogens is 1040 g/mol. The van der Waals surface area contributed by atoms with E-state index in [0.717, 1.165) is 141 Å². The van der Waals surface area contributed by atoms with Crippen molar-refractivity contribution in [3.8, 4) is 0 Å². The average molecular weight is 1160 g/mol. The van der Waals surface area contributed by atoms with Crippen molar-refractivity contribution in [2.45, 2.75) is 290 Å². The molecule has 1 aliphatic rings. The summed E-state index contributed by atoms with van der Waals surface area (Å²) >= 11 is 0. The molecule has 4 atom stereocenters. The molecule has 14 nitrogen and oxygen atoms in total. The molecule has 79 heavy (non-hydrogen) atoms. The summed E-state index contributed by atoms with van der Waals surface area (Å²) in [5.41, 5.74) is 0. The molecule has 1 saturated heterocycles. The van der Waals surface area contributed by atoms with E-state index >= 15 is 0 Å². The van der Waals surface area contributed by atoms with Gasteiger partial charge < -0.3 is 39.5 Å². The molecule has 0 aromatic carbocycles. The Labute approximate surface area is 492 Å². The first-order valence-electron chi connectivity index (χ1n) is 32.8. The molecule has 0 saturated carbocycles. The average Bonchev–Trinajstić information content (AvgIpc) is 3.43. The van der Waals surface area contributed by atoms with Crippen LogP contribution < -0.4 is 0 Å². The Bertz CT molecular complexity index is 1330. The Morgan fingerprint density at radius 1 is 0.418 bits per heavy atom. The predicted molar refractivity (Wildman–Crippen MR) is 332 cm³/mol. The van der Waals surface area contributed by atoms with Crippen molar-refractivity contribution in [1.29, 1.82) is 0 Å². The van der Waals surface area contributed by atoms with Gasteiger partial charge in [0, 0.05) is 89.7 Å². The normalized spacial score (nSPS) is 15.1. The highest BCUT2D eigenvalue weighted by molar-refractivity contribution is 8.76. The fourth-order valence-electron chi connectivity index (χ4n) is 10.5. The number of carbonyl (C=O) groups excluding carboxylic acids is 3. The third-order valence-electron chi connectivity index (χ3n) is 15.6. The summed E-state index contributed by atoms with van der Waals surface area (Å²) in [6.45, 7) is 22.2. The number of carbonyl (C=O) groups is 3. The molecule has 0 radical (unpaired) electrons. The van der Waals surface area contributed by atoms with E-state index < -0.39 is 24.4 Å². The second-order valence-corrected chi connectivity index (χ2v) is 25.7. The van der Waals surface area contributed by atoms with Gasteiger partial charge in [-0.25, -0.2) is 0 Å². The lowest BCUT2D eigenvalue weighted by atomic mass is 10.0. The zero-order chi connectivity index (χ0) is 58.0. The number of piperazine rings is 1. The van der Waals surface area contributed by atoms with Crippen LogP contribution in [0.2, 0.25) is 0 Å². The van der Waals surface area contributed by atoms with Gasteiger partial charge in [0.05, 0.1) is 24.4 Å². The molecule has 1 fully saturated rings. The zero-order valence-corrected chi connectivity index (χ0v) is 53.4. The van der Waals surface area contributed by atoms with Crippen molar-refractivity contribution in [1.82, 2.24) is 19.6 Å². The monoisotopic (exact) mass is 1160 g/mol. The second kappa shape index (κ2) is 53.5. The fourth-order valence-corrected chi connectivity index (χ4v) is 12.7. The Hall–Kier alpha value is -1.21. The summed E-state index contributed by atoms with van der Waals surface area (Å²) in [7, 11) is 3.80. The van der Waals surface area contributed by atoms with E-state index in [9.17, 15) is 34.8 Å². The van der Waals surface area contributed by atoms with E-state index in [2.05, 4.69) is 33.4 Å². The number of rotatable bonds is 57. The summed E-state index contributed by atoms with van der Waals surface area (Å²) in [4.78, 5) is 46.7. The number of hydrogen-bond donors (Lipinski definition) is 4. The van der Waals surface area contributed by atoms with E-state index in [1.165, 1.54) is 77.0 Å². The van der Waals surface area contributed by atoms with E-state index in [-0.39, 0.29) is 43.0 Å². The minimum atomic E-state index is -0.612. The molecule has 0 amide bonds. The lowest BCUT2D eigenvalue weighted by Crippen LogP contribution is -2.47. The third kappa shape index (κ3) is 45.8. The van der Waals surface area contributed by atoms with Gasteiger partial charge >= 0.3 is 17.9 Å². The van der Waals surface area contributed by atoms with E-state index in [0.29, 0.717) is 77.9 Å². The van der Waals surface area contributed by atoms with Crippen molar-refractivity contribution >= 4 is 39.5 Å². The maximum absolute atomic E-state index is 12.8. The van der Waals surface area contributed by atoms with E-state index in [1.54, 1.807) is 0 Å². The SMILES string of the molecule is CCCCCCCCCCC(O)CN(CCCC(=O)OCCN1CCN(CCCCSSCCCN(CC(O)CCCC(=O)OC(CC)CC)CC(O)CCCC(=O)OC(CC)CC)CC1)CC(O)CCCCCCCCCC. The maximum atomic E-state index is 12.8. The maximum Gasteiger partial charge on any atom is 0.306 e. The molecular formula is C63H124N4O10S2. The Morgan fingerprint density at radius 2 is 0.772 bits per heavy atom. The van der Waals surface area contributed by atoms with Crippen molar-refractivity contribution in [2.24, 2.45) is 0 Å². The smallest absolute Gasteiger partial charge is 0.306 e. The van der Waals surface area contributed by atoms with Gasteiger partial charge in [-0.2, -0.15) is 0 Å². The number of esters is 3. The van der Waals surface area contributed by atoms with Crippen molar-refractivity contribution in [3.05, 3.63) is 0 Å². The minimum Gasteiger partial charge on any atom is -0.464 e. The lowest BCUT2D eigenvalue weighted by molar-refractivity contribution is -0.150. The highest BCUT2D eigenvalue weighted by Crippen LogP contribution is 2.24. The fraction of sp³-hybridized carbons (Fsp3) is 0.952. The largest absolute Gasteiger partial charge is 0.464 e. The Balaban J connectivity index is 2.38. The topological polar surface area (TPSA) is 173 Å². The lowest BCUT2D eigenvalue weighted by Gasteiger charge is -2.34. The third-order valence-corrected chi connectivity index (χ3v) is 18.2. The summed E-state index contributed by atoms with van der Waals surface area (Å²) < 4.78 is 16.8. The van der Waals surface area contributed by atoms with Crippen LogP contribution in [0.5, 0.6) is 0 Å². The van der Waals surface area contributed by atoms with Crippen LogP contribution in [0.4, 0.5) is 0 Å². The molecule has 0 aliphatic carbocycles. The van der Waals surface area contributed by atoms with Crippen LogP contribution in [0.3, 0.4) is 0 Å².